The SMILES string of the molecule is Cc1cccc(OCC(=O)N(Cc2ccccc2)C(C)C2CC2)c1. The Kier molecular flexibility index (Phi) is 5.19. The van der Waals surface area contributed by atoms with Gasteiger partial charge in [0.1, 0.15) is 5.75 Å². The van der Waals surface area contributed by atoms with E-state index < -0.39 is 0 Å². The zero-order valence-corrected chi connectivity index (χ0v) is 14.4. The normalized spacial score (nSPS) is 14.9. The number of rotatable bonds is 7. The molecule has 1 fully saturated rings. The van der Waals surface area contributed by atoms with E-state index in [9.17, 15) is 4.79 Å². The maximum absolute atomic E-state index is 12.8. The molecule has 1 aliphatic rings. The first-order valence-electron chi connectivity index (χ1n) is 8.66. The van der Waals surface area contributed by atoms with E-state index in [4.69, 9.17) is 4.74 Å². The van der Waals surface area contributed by atoms with Gasteiger partial charge in [-0.05, 0) is 55.9 Å². The lowest BCUT2D eigenvalue weighted by atomic mass is 10.1. The number of hydrogen-bond acceptors (Lipinski definition) is 2. The molecule has 2 aromatic carbocycles. The van der Waals surface area contributed by atoms with Crippen LogP contribution in [-0.2, 0) is 11.3 Å². The van der Waals surface area contributed by atoms with Crippen LogP contribution in [0.5, 0.6) is 5.75 Å². The first-order valence-corrected chi connectivity index (χ1v) is 8.66. The molecule has 0 aliphatic heterocycles. The highest BCUT2D eigenvalue weighted by molar-refractivity contribution is 5.78. The molecular formula is C21H25NO2. The molecule has 3 nitrogen and oxygen atoms in total. The van der Waals surface area contributed by atoms with Crippen molar-refractivity contribution >= 4 is 5.91 Å². The minimum atomic E-state index is 0.0553. The first kappa shape index (κ1) is 16.6. The molecule has 0 aromatic heterocycles. The Balaban J connectivity index is 1.66. The largest absolute Gasteiger partial charge is 0.484 e. The van der Waals surface area contributed by atoms with E-state index >= 15 is 0 Å². The summed E-state index contributed by atoms with van der Waals surface area (Å²) in [4.78, 5) is 14.8. The highest BCUT2D eigenvalue weighted by Crippen LogP contribution is 2.35. The minimum Gasteiger partial charge on any atom is -0.484 e. The number of benzene rings is 2. The lowest BCUT2D eigenvalue weighted by Gasteiger charge is -2.29. The highest BCUT2D eigenvalue weighted by atomic mass is 16.5. The van der Waals surface area contributed by atoms with Crippen molar-refractivity contribution in [2.45, 2.75) is 39.3 Å². The van der Waals surface area contributed by atoms with E-state index in [2.05, 4.69) is 19.1 Å². The third-order valence-electron chi connectivity index (χ3n) is 4.66. The fraction of sp³-hybridized carbons (Fsp3) is 0.381. The van der Waals surface area contributed by atoms with Crippen LogP contribution >= 0.6 is 0 Å². The van der Waals surface area contributed by atoms with Crippen molar-refractivity contribution in [1.29, 1.82) is 0 Å². The summed E-state index contributed by atoms with van der Waals surface area (Å²) in [6.07, 6.45) is 2.44. The van der Waals surface area contributed by atoms with E-state index in [1.165, 1.54) is 12.8 Å². The zero-order chi connectivity index (χ0) is 16.9. The number of hydrogen-bond donors (Lipinski definition) is 0. The Morgan fingerprint density at radius 3 is 2.58 bits per heavy atom. The van der Waals surface area contributed by atoms with Gasteiger partial charge in [-0.15, -0.1) is 0 Å². The Hall–Kier alpha value is -2.29. The predicted molar refractivity (Wildman–Crippen MR) is 95.9 cm³/mol. The van der Waals surface area contributed by atoms with E-state index in [0.29, 0.717) is 12.5 Å². The van der Waals surface area contributed by atoms with Crippen molar-refractivity contribution in [2.75, 3.05) is 6.61 Å². The van der Waals surface area contributed by atoms with Crippen LogP contribution < -0.4 is 4.74 Å². The molecule has 24 heavy (non-hydrogen) atoms. The molecule has 2 aromatic rings. The number of carbonyl (C=O) groups is 1. The van der Waals surface area contributed by atoms with Gasteiger partial charge in [-0.1, -0.05) is 42.5 Å². The number of ether oxygens (including phenoxy) is 1. The standard InChI is InChI=1S/C21H25NO2/c1-16-7-6-10-20(13-16)24-15-21(23)22(17(2)19-11-12-19)14-18-8-4-3-5-9-18/h3-10,13,17,19H,11-12,14-15H2,1-2H3. The molecular weight excluding hydrogens is 298 g/mol. The van der Waals surface area contributed by atoms with Crippen LogP contribution in [0.3, 0.4) is 0 Å². The van der Waals surface area contributed by atoms with Gasteiger partial charge in [-0.2, -0.15) is 0 Å². The maximum Gasteiger partial charge on any atom is 0.261 e. The quantitative estimate of drug-likeness (QED) is 0.764. The molecule has 3 heteroatoms. The third kappa shape index (κ3) is 4.38. The molecule has 1 amide bonds. The molecule has 1 aliphatic carbocycles. The Morgan fingerprint density at radius 2 is 1.92 bits per heavy atom. The Labute approximate surface area is 144 Å². The molecule has 0 saturated heterocycles. The summed E-state index contributed by atoms with van der Waals surface area (Å²) in [5.41, 5.74) is 2.29. The molecule has 1 saturated carbocycles. The molecule has 3 rings (SSSR count). The van der Waals surface area contributed by atoms with Gasteiger partial charge in [0.25, 0.3) is 5.91 Å². The van der Waals surface area contributed by atoms with Crippen LogP contribution in [0.2, 0.25) is 0 Å². The molecule has 126 valence electrons. The van der Waals surface area contributed by atoms with E-state index in [1.54, 1.807) is 0 Å². The number of carbonyl (C=O) groups excluding carboxylic acids is 1. The van der Waals surface area contributed by atoms with Gasteiger partial charge in [-0.25, -0.2) is 0 Å². The number of aryl methyl sites for hydroxylation is 1. The first-order chi connectivity index (χ1) is 11.6. The van der Waals surface area contributed by atoms with Gasteiger partial charge in [-0.3, -0.25) is 4.79 Å². The van der Waals surface area contributed by atoms with Crippen LogP contribution in [0.25, 0.3) is 0 Å². The lowest BCUT2D eigenvalue weighted by molar-refractivity contribution is -0.136. The second kappa shape index (κ2) is 7.52. The maximum atomic E-state index is 12.8. The van der Waals surface area contributed by atoms with Crippen LogP contribution in [-0.4, -0.2) is 23.5 Å². The van der Waals surface area contributed by atoms with Crippen molar-refractivity contribution in [1.82, 2.24) is 4.90 Å². The van der Waals surface area contributed by atoms with Gasteiger partial charge in [0.2, 0.25) is 0 Å². The summed E-state index contributed by atoms with van der Waals surface area (Å²) in [5.74, 6) is 1.44. The number of amides is 1. The molecule has 1 unspecified atom stereocenters. The van der Waals surface area contributed by atoms with Crippen LogP contribution in [0.1, 0.15) is 30.9 Å². The lowest BCUT2D eigenvalue weighted by Crippen LogP contribution is -2.42. The highest BCUT2D eigenvalue weighted by Gasteiger charge is 2.34. The fourth-order valence-corrected chi connectivity index (χ4v) is 3.01. The Morgan fingerprint density at radius 1 is 1.17 bits per heavy atom. The molecule has 0 radical (unpaired) electrons. The van der Waals surface area contributed by atoms with Gasteiger partial charge in [0.05, 0.1) is 0 Å². The van der Waals surface area contributed by atoms with Crippen molar-refractivity contribution in [2.24, 2.45) is 5.92 Å². The average molecular weight is 323 g/mol. The van der Waals surface area contributed by atoms with E-state index in [1.807, 2.05) is 54.3 Å². The summed E-state index contributed by atoms with van der Waals surface area (Å²) in [6.45, 7) is 4.92. The van der Waals surface area contributed by atoms with Crippen LogP contribution in [0.4, 0.5) is 0 Å². The van der Waals surface area contributed by atoms with Crippen LogP contribution in [0.15, 0.2) is 54.6 Å². The van der Waals surface area contributed by atoms with Gasteiger partial charge in [0.15, 0.2) is 6.61 Å². The summed E-state index contributed by atoms with van der Waals surface area (Å²) in [5, 5.41) is 0. The molecule has 0 heterocycles. The Bertz CT molecular complexity index is 679. The summed E-state index contributed by atoms with van der Waals surface area (Å²) in [6, 6.07) is 18.3. The summed E-state index contributed by atoms with van der Waals surface area (Å²) < 4.78 is 5.73. The van der Waals surface area contributed by atoms with E-state index in [0.717, 1.165) is 16.9 Å². The van der Waals surface area contributed by atoms with Crippen molar-refractivity contribution in [3.05, 3.63) is 65.7 Å². The monoisotopic (exact) mass is 323 g/mol. The molecule has 0 bridgehead atoms. The van der Waals surface area contributed by atoms with Crippen molar-refractivity contribution < 1.29 is 9.53 Å². The van der Waals surface area contributed by atoms with Gasteiger partial charge < -0.3 is 9.64 Å². The topological polar surface area (TPSA) is 29.5 Å². The fourth-order valence-electron chi connectivity index (χ4n) is 3.01. The second-order valence-electron chi connectivity index (χ2n) is 6.69. The van der Waals surface area contributed by atoms with Gasteiger partial charge >= 0.3 is 0 Å². The minimum absolute atomic E-state index is 0.0553. The smallest absolute Gasteiger partial charge is 0.261 e. The molecule has 1 atom stereocenters. The third-order valence-corrected chi connectivity index (χ3v) is 4.66. The van der Waals surface area contributed by atoms with Gasteiger partial charge in [0, 0.05) is 12.6 Å². The van der Waals surface area contributed by atoms with E-state index in [-0.39, 0.29) is 18.6 Å². The molecule has 0 N–H and O–H groups in total. The molecule has 0 spiro atoms. The number of nitrogens with zero attached hydrogens (tertiary/aromatic N) is 1. The second-order valence-corrected chi connectivity index (χ2v) is 6.69. The summed E-state index contributed by atoms with van der Waals surface area (Å²) in [7, 11) is 0. The summed E-state index contributed by atoms with van der Waals surface area (Å²) >= 11 is 0. The predicted octanol–water partition coefficient (Wildman–Crippen LogP) is 4.20. The zero-order valence-electron chi connectivity index (χ0n) is 14.4. The van der Waals surface area contributed by atoms with Crippen molar-refractivity contribution in [3.8, 4) is 5.75 Å². The van der Waals surface area contributed by atoms with Crippen LogP contribution in [0, 0.1) is 12.8 Å². The average Bonchev–Trinajstić information content (AvgIpc) is 3.43. The van der Waals surface area contributed by atoms with Crippen molar-refractivity contribution in [3.63, 3.8) is 0 Å².